The average Bonchev–Trinajstić information content (AvgIpc) is 3.21. The normalized spacial score (nSPS) is 21.0. The molecule has 0 bridgehead atoms. The molecular formula is C20H18N2O3. The van der Waals surface area contributed by atoms with Gasteiger partial charge < -0.3 is 19.6 Å². The van der Waals surface area contributed by atoms with Gasteiger partial charge in [-0.25, -0.2) is 0 Å². The van der Waals surface area contributed by atoms with Crippen LogP contribution in [0.25, 0.3) is 10.9 Å². The van der Waals surface area contributed by atoms with Gasteiger partial charge in [-0.1, -0.05) is 0 Å². The van der Waals surface area contributed by atoms with E-state index in [0.717, 1.165) is 48.3 Å². The fourth-order valence-corrected chi connectivity index (χ4v) is 4.63. The first-order valence-electron chi connectivity index (χ1n) is 8.75. The number of hydrogen-bond acceptors (Lipinski definition) is 4. The lowest BCUT2D eigenvalue weighted by Crippen LogP contribution is -2.39. The van der Waals surface area contributed by atoms with Crippen LogP contribution in [0, 0.1) is 0 Å². The molecule has 3 aromatic rings. The van der Waals surface area contributed by atoms with E-state index in [-0.39, 0.29) is 0 Å². The largest absolute Gasteiger partial charge is 0.508 e. The molecule has 3 aliphatic rings. The second kappa shape index (κ2) is 4.70. The zero-order valence-corrected chi connectivity index (χ0v) is 13.7. The van der Waals surface area contributed by atoms with Crippen LogP contribution in [0.5, 0.6) is 17.2 Å². The van der Waals surface area contributed by atoms with Crippen LogP contribution in [0.2, 0.25) is 0 Å². The molecular weight excluding hydrogens is 316 g/mol. The summed E-state index contributed by atoms with van der Waals surface area (Å²) in [6.45, 7) is 2.29. The van der Waals surface area contributed by atoms with Crippen LogP contribution in [0.4, 0.5) is 0 Å². The Morgan fingerprint density at radius 3 is 2.92 bits per heavy atom. The number of phenolic OH excluding ortho intramolecular Hbond substituents is 1. The Bertz CT molecular complexity index is 1020. The first kappa shape index (κ1) is 13.6. The molecule has 3 aliphatic heterocycles. The number of benzene rings is 2. The molecule has 0 saturated carbocycles. The minimum Gasteiger partial charge on any atom is -0.508 e. The molecule has 4 heterocycles. The fourth-order valence-electron chi connectivity index (χ4n) is 4.63. The van der Waals surface area contributed by atoms with Crippen molar-refractivity contribution in [1.29, 1.82) is 0 Å². The number of H-pyrrole nitrogens is 1. The van der Waals surface area contributed by atoms with Crippen LogP contribution in [0.1, 0.15) is 28.4 Å². The van der Waals surface area contributed by atoms with Crippen molar-refractivity contribution in [1.82, 2.24) is 9.88 Å². The number of nitrogens with one attached hydrogen (secondary N) is 1. The van der Waals surface area contributed by atoms with E-state index in [1.54, 1.807) is 6.07 Å². The molecule has 1 aromatic heterocycles. The standard InChI is InChI=1S/C20H18N2O3/c23-12-1-2-16-14(6-12)15-7-18-13-8-20-19(24-10-25-20)5-11(13)3-4-22(18)9-17(15)21-16/h1-2,5-6,8,18,21,23H,3-4,7,9-10H2/t18-/m1/s1. The molecule has 0 saturated heterocycles. The number of hydrogen-bond donors (Lipinski definition) is 2. The van der Waals surface area contributed by atoms with Crippen LogP contribution < -0.4 is 9.47 Å². The lowest BCUT2D eigenvalue weighted by atomic mass is 9.85. The Balaban J connectivity index is 1.49. The second-order valence-electron chi connectivity index (χ2n) is 7.16. The Hall–Kier alpha value is -2.66. The maximum atomic E-state index is 9.89. The maximum absolute atomic E-state index is 9.89. The van der Waals surface area contributed by atoms with Gasteiger partial charge in [-0.05, 0) is 59.9 Å². The molecule has 126 valence electrons. The van der Waals surface area contributed by atoms with Crippen LogP contribution in [-0.2, 0) is 19.4 Å². The number of ether oxygens (including phenoxy) is 2. The van der Waals surface area contributed by atoms with E-state index in [0.29, 0.717) is 18.6 Å². The molecule has 0 amide bonds. The second-order valence-corrected chi connectivity index (χ2v) is 7.16. The van der Waals surface area contributed by atoms with E-state index in [1.807, 2.05) is 12.1 Å². The van der Waals surface area contributed by atoms with Gasteiger partial charge in [0.25, 0.3) is 0 Å². The first-order chi connectivity index (χ1) is 12.3. The van der Waals surface area contributed by atoms with Gasteiger partial charge >= 0.3 is 0 Å². The van der Waals surface area contributed by atoms with Gasteiger partial charge in [-0.3, -0.25) is 4.90 Å². The van der Waals surface area contributed by atoms with Gasteiger partial charge in [0.2, 0.25) is 6.79 Å². The monoisotopic (exact) mass is 334 g/mol. The van der Waals surface area contributed by atoms with Gasteiger partial charge in [0.05, 0.1) is 0 Å². The van der Waals surface area contributed by atoms with E-state index in [2.05, 4.69) is 22.0 Å². The minimum absolute atomic E-state index is 0.318. The maximum Gasteiger partial charge on any atom is 0.231 e. The van der Waals surface area contributed by atoms with Crippen molar-refractivity contribution in [2.24, 2.45) is 0 Å². The summed E-state index contributed by atoms with van der Waals surface area (Å²) in [4.78, 5) is 6.09. The summed E-state index contributed by atoms with van der Waals surface area (Å²) in [5.41, 5.74) is 6.44. The number of phenols is 1. The Morgan fingerprint density at radius 1 is 1.12 bits per heavy atom. The molecule has 0 unspecified atom stereocenters. The molecule has 0 spiro atoms. The van der Waals surface area contributed by atoms with Crippen molar-refractivity contribution in [2.75, 3.05) is 13.3 Å². The topological polar surface area (TPSA) is 57.7 Å². The zero-order valence-electron chi connectivity index (χ0n) is 13.7. The Kier molecular flexibility index (Phi) is 2.56. The van der Waals surface area contributed by atoms with E-state index < -0.39 is 0 Å². The highest BCUT2D eigenvalue weighted by molar-refractivity contribution is 5.86. The summed E-state index contributed by atoms with van der Waals surface area (Å²) in [5.74, 6) is 2.06. The van der Waals surface area contributed by atoms with Gasteiger partial charge in [0.15, 0.2) is 11.5 Å². The molecule has 1 atom stereocenters. The van der Waals surface area contributed by atoms with Crippen LogP contribution in [0.15, 0.2) is 30.3 Å². The predicted octanol–water partition coefficient (Wildman–Crippen LogP) is 3.26. The smallest absolute Gasteiger partial charge is 0.231 e. The molecule has 5 nitrogen and oxygen atoms in total. The quantitative estimate of drug-likeness (QED) is 0.662. The molecule has 25 heavy (non-hydrogen) atoms. The van der Waals surface area contributed by atoms with E-state index in [4.69, 9.17) is 9.47 Å². The highest BCUT2D eigenvalue weighted by atomic mass is 16.7. The number of aromatic hydroxyl groups is 1. The van der Waals surface area contributed by atoms with Crippen LogP contribution in [-0.4, -0.2) is 28.3 Å². The molecule has 2 N–H and O–H groups in total. The highest BCUT2D eigenvalue weighted by Gasteiger charge is 2.35. The summed E-state index contributed by atoms with van der Waals surface area (Å²) in [7, 11) is 0. The van der Waals surface area contributed by atoms with Gasteiger partial charge in [0.1, 0.15) is 5.75 Å². The molecule has 5 heteroatoms. The SMILES string of the molecule is Oc1ccc2[nH]c3c(c2c1)C[C@@H]1c2cc4c(cc2CCN1C3)OCO4. The molecule has 2 aromatic carbocycles. The summed E-state index contributed by atoms with van der Waals surface area (Å²) in [5, 5.41) is 11.0. The predicted molar refractivity (Wildman–Crippen MR) is 93.1 cm³/mol. The third kappa shape index (κ3) is 1.87. The first-order valence-corrected chi connectivity index (χ1v) is 8.75. The number of fused-ring (bicyclic) bond motifs is 7. The van der Waals surface area contributed by atoms with Gasteiger partial charge in [-0.2, -0.15) is 0 Å². The minimum atomic E-state index is 0.318. The zero-order chi connectivity index (χ0) is 16.5. The van der Waals surface area contributed by atoms with Crippen molar-refractivity contribution >= 4 is 10.9 Å². The average molecular weight is 334 g/mol. The Morgan fingerprint density at radius 2 is 2.00 bits per heavy atom. The van der Waals surface area contributed by atoms with Crippen LogP contribution >= 0.6 is 0 Å². The van der Waals surface area contributed by atoms with Gasteiger partial charge in [-0.15, -0.1) is 0 Å². The van der Waals surface area contributed by atoms with Crippen molar-refractivity contribution in [3.8, 4) is 17.2 Å². The number of rotatable bonds is 0. The molecule has 0 aliphatic carbocycles. The molecule has 6 rings (SSSR count). The van der Waals surface area contributed by atoms with E-state index in [9.17, 15) is 5.11 Å². The summed E-state index contributed by atoms with van der Waals surface area (Å²) >= 11 is 0. The van der Waals surface area contributed by atoms with Crippen LogP contribution in [0.3, 0.4) is 0 Å². The van der Waals surface area contributed by atoms with E-state index >= 15 is 0 Å². The number of aromatic amines is 1. The van der Waals surface area contributed by atoms with Crippen molar-refractivity contribution < 1.29 is 14.6 Å². The van der Waals surface area contributed by atoms with E-state index in [1.165, 1.54) is 22.4 Å². The number of aromatic nitrogens is 1. The Labute approximate surface area is 144 Å². The van der Waals surface area contributed by atoms with Gasteiger partial charge in [0, 0.05) is 35.7 Å². The lowest BCUT2D eigenvalue weighted by molar-refractivity contribution is 0.159. The lowest BCUT2D eigenvalue weighted by Gasteiger charge is -2.40. The van der Waals surface area contributed by atoms with Crippen molar-refractivity contribution in [2.45, 2.75) is 25.4 Å². The summed E-state index contributed by atoms with van der Waals surface area (Å²) in [6, 6.07) is 10.3. The summed E-state index contributed by atoms with van der Waals surface area (Å²) < 4.78 is 11.2. The fraction of sp³-hybridized carbons (Fsp3) is 0.300. The molecule has 0 fully saturated rings. The third-order valence-electron chi connectivity index (χ3n) is 5.84. The highest BCUT2D eigenvalue weighted by Crippen LogP contribution is 2.45. The van der Waals surface area contributed by atoms with Crippen molar-refractivity contribution in [3.05, 3.63) is 52.7 Å². The number of nitrogens with zero attached hydrogens (tertiary/aromatic N) is 1. The third-order valence-corrected chi connectivity index (χ3v) is 5.84. The van der Waals surface area contributed by atoms with Crippen molar-refractivity contribution in [3.63, 3.8) is 0 Å². The summed E-state index contributed by atoms with van der Waals surface area (Å²) in [6.07, 6.45) is 1.99. The molecule has 0 radical (unpaired) electrons.